The fraction of sp³-hybridized carbons (Fsp3) is 0.364. The Balaban J connectivity index is 1.37. The van der Waals surface area contributed by atoms with Gasteiger partial charge in [0.25, 0.3) is 0 Å². The summed E-state index contributed by atoms with van der Waals surface area (Å²) in [5, 5.41) is 15.2. The van der Waals surface area contributed by atoms with E-state index in [4.69, 9.17) is 0 Å². The third kappa shape index (κ3) is 5.23. The molecule has 0 radical (unpaired) electrons. The monoisotopic (exact) mass is 437 g/mol. The van der Waals surface area contributed by atoms with Crippen LogP contribution in [0.4, 0.5) is 11.4 Å². The molecule has 1 unspecified atom stereocenters. The number of thioether (sulfide) groups is 1. The molecule has 3 aromatic rings. The van der Waals surface area contributed by atoms with E-state index in [0.717, 1.165) is 43.1 Å². The number of carbonyl (C=O) groups excluding carboxylic acids is 1. The smallest absolute Gasteiger partial charge is 0.237 e. The van der Waals surface area contributed by atoms with Crippen molar-refractivity contribution in [3.8, 4) is 5.69 Å². The fourth-order valence-corrected chi connectivity index (χ4v) is 4.26. The van der Waals surface area contributed by atoms with Crippen LogP contribution in [0.5, 0.6) is 0 Å². The van der Waals surface area contributed by atoms with Crippen molar-refractivity contribution >= 4 is 29.0 Å². The molecule has 0 aliphatic carbocycles. The first-order valence-electron chi connectivity index (χ1n) is 10.4. The molecule has 4 rings (SSSR count). The number of likely N-dealkylation sites (N-methyl/N-ethyl adjacent to an activating group) is 1. The van der Waals surface area contributed by atoms with Crippen LogP contribution in [0.15, 0.2) is 53.7 Å². The molecule has 1 aliphatic rings. The molecule has 1 fully saturated rings. The Morgan fingerprint density at radius 3 is 2.52 bits per heavy atom. The number of anilines is 2. The van der Waals surface area contributed by atoms with Gasteiger partial charge in [-0.25, -0.2) is 0 Å². The topological polar surface area (TPSA) is 79.2 Å². The van der Waals surface area contributed by atoms with Crippen LogP contribution in [-0.2, 0) is 4.79 Å². The van der Waals surface area contributed by atoms with Gasteiger partial charge >= 0.3 is 0 Å². The molecular formula is C22H27N7OS. The van der Waals surface area contributed by atoms with Crippen LogP contribution in [-0.4, -0.2) is 69.5 Å². The summed E-state index contributed by atoms with van der Waals surface area (Å²) in [6, 6.07) is 16.0. The van der Waals surface area contributed by atoms with Crippen LogP contribution in [0.1, 0.15) is 12.5 Å². The highest BCUT2D eigenvalue weighted by atomic mass is 32.2. The average molecular weight is 438 g/mol. The molecule has 1 aromatic heterocycles. The molecule has 1 aliphatic heterocycles. The third-order valence-corrected chi connectivity index (χ3v) is 6.37. The lowest BCUT2D eigenvalue weighted by Gasteiger charge is -2.34. The minimum atomic E-state index is -0.355. The van der Waals surface area contributed by atoms with Gasteiger partial charge in [-0.2, -0.15) is 4.68 Å². The van der Waals surface area contributed by atoms with E-state index in [0.29, 0.717) is 5.16 Å². The lowest BCUT2D eigenvalue weighted by molar-refractivity contribution is -0.115. The van der Waals surface area contributed by atoms with E-state index in [9.17, 15) is 4.79 Å². The number of aryl methyl sites for hydroxylation is 1. The maximum absolute atomic E-state index is 12.7. The molecule has 9 heteroatoms. The van der Waals surface area contributed by atoms with Crippen molar-refractivity contribution in [2.24, 2.45) is 0 Å². The van der Waals surface area contributed by atoms with Gasteiger partial charge in [-0.15, -0.1) is 5.10 Å². The third-order valence-electron chi connectivity index (χ3n) is 5.34. The SMILES string of the molecule is Cc1cccc(-n2nnnc2SC(C)C(=O)Nc2ccc(N3CCN(C)CC3)cc2)c1. The Bertz CT molecular complexity index is 1030. The summed E-state index contributed by atoms with van der Waals surface area (Å²) in [5.74, 6) is -0.0869. The predicted octanol–water partition coefficient (Wildman–Crippen LogP) is 2.84. The van der Waals surface area contributed by atoms with Gasteiger partial charge < -0.3 is 15.1 Å². The van der Waals surface area contributed by atoms with Gasteiger partial charge in [-0.1, -0.05) is 23.9 Å². The lowest BCUT2D eigenvalue weighted by Crippen LogP contribution is -2.44. The van der Waals surface area contributed by atoms with Crippen LogP contribution < -0.4 is 10.2 Å². The van der Waals surface area contributed by atoms with E-state index in [2.05, 4.69) is 49.8 Å². The maximum atomic E-state index is 12.7. The number of carbonyl (C=O) groups is 1. The molecule has 0 saturated carbocycles. The quantitative estimate of drug-likeness (QED) is 0.594. The fourth-order valence-electron chi connectivity index (χ4n) is 3.45. The van der Waals surface area contributed by atoms with E-state index in [1.807, 2.05) is 50.2 Å². The minimum Gasteiger partial charge on any atom is -0.369 e. The summed E-state index contributed by atoms with van der Waals surface area (Å²) in [5.41, 5.74) is 3.97. The average Bonchev–Trinajstić information content (AvgIpc) is 3.23. The minimum absolute atomic E-state index is 0.0869. The van der Waals surface area contributed by atoms with Gasteiger partial charge in [0.2, 0.25) is 11.1 Å². The highest BCUT2D eigenvalue weighted by molar-refractivity contribution is 8.00. The number of amides is 1. The first kappa shape index (κ1) is 21.3. The van der Waals surface area contributed by atoms with E-state index in [1.54, 1.807) is 4.68 Å². The Hall–Kier alpha value is -2.91. The van der Waals surface area contributed by atoms with Gasteiger partial charge in [-0.3, -0.25) is 4.79 Å². The number of hydrogen-bond donors (Lipinski definition) is 1. The Labute approximate surface area is 186 Å². The number of aromatic nitrogens is 4. The summed E-state index contributed by atoms with van der Waals surface area (Å²) in [6.45, 7) is 8.04. The van der Waals surface area contributed by atoms with Gasteiger partial charge in [0.05, 0.1) is 10.9 Å². The highest BCUT2D eigenvalue weighted by Crippen LogP contribution is 2.25. The second-order valence-electron chi connectivity index (χ2n) is 7.80. The summed E-state index contributed by atoms with van der Waals surface area (Å²) in [4.78, 5) is 17.4. The Morgan fingerprint density at radius 2 is 1.81 bits per heavy atom. The van der Waals surface area contributed by atoms with E-state index in [-0.39, 0.29) is 11.2 Å². The van der Waals surface area contributed by atoms with Crippen LogP contribution in [0, 0.1) is 6.92 Å². The summed E-state index contributed by atoms with van der Waals surface area (Å²) in [7, 11) is 2.15. The molecule has 1 saturated heterocycles. The first-order chi connectivity index (χ1) is 15.0. The molecule has 2 aromatic carbocycles. The summed E-state index contributed by atoms with van der Waals surface area (Å²) < 4.78 is 1.66. The molecule has 162 valence electrons. The molecule has 1 atom stereocenters. The molecule has 1 N–H and O–H groups in total. The van der Waals surface area contributed by atoms with Crippen LogP contribution in [0.25, 0.3) is 5.69 Å². The van der Waals surface area contributed by atoms with Gasteiger partial charge in [0.1, 0.15) is 0 Å². The molecule has 31 heavy (non-hydrogen) atoms. The number of benzene rings is 2. The number of nitrogens with zero attached hydrogens (tertiary/aromatic N) is 6. The van der Waals surface area contributed by atoms with Crippen molar-refractivity contribution in [2.45, 2.75) is 24.3 Å². The number of nitrogens with one attached hydrogen (secondary N) is 1. The molecule has 8 nitrogen and oxygen atoms in total. The molecule has 0 spiro atoms. The molecule has 0 bridgehead atoms. The standard InChI is InChI=1S/C22H27N7OS/c1-16-5-4-6-20(15-16)29-22(24-25-26-29)31-17(2)21(30)23-18-7-9-19(10-8-18)28-13-11-27(3)12-14-28/h4-10,15,17H,11-14H2,1-3H3,(H,23,30). The van der Waals surface area contributed by atoms with Gasteiger partial charge in [0.15, 0.2) is 0 Å². The van der Waals surface area contributed by atoms with E-state index in [1.165, 1.54) is 17.4 Å². The molecular weight excluding hydrogens is 410 g/mol. The van der Waals surface area contributed by atoms with Crippen molar-refractivity contribution in [2.75, 3.05) is 43.4 Å². The highest BCUT2D eigenvalue weighted by Gasteiger charge is 2.20. The second kappa shape index (κ2) is 9.49. The van der Waals surface area contributed by atoms with Crippen molar-refractivity contribution < 1.29 is 4.79 Å². The van der Waals surface area contributed by atoms with Gasteiger partial charge in [0, 0.05) is 37.6 Å². The first-order valence-corrected chi connectivity index (χ1v) is 11.2. The number of rotatable bonds is 6. The number of hydrogen-bond acceptors (Lipinski definition) is 7. The second-order valence-corrected chi connectivity index (χ2v) is 9.11. The van der Waals surface area contributed by atoms with Crippen molar-refractivity contribution in [1.82, 2.24) is 25.1 Å². The zero-order valence-corrected chi connectivity index (χ0v) is 18.8. The Kier molecular flexibility index (Phi) is 6.53. The van der Waals surface area contributed by atoms with Crippen LogP contribution in [0.2, 0.25) is 0 Å². The van der Waals surface area contributed by atoms with Gasteiger partial charge in [-0.05, 0) is 73.3 Å². The zero-order chi connectivity index (χ0) is 21.8. The largest absolute Gasteiger partial charge is 0.369 e. The lowest BCUT2D eigenvalue weighted by atomic mass is 10.2. The Morgan fingerprint density at radius 1 is 1.06 bits per heavy atom. The summed E-state index contributed by atoms with van der Waals surface area (Å²) in [6.07, 6.45) is 0. The zero-order valence-electron chi connectivity index (χ0n) is 18.0. The van der Waals surface area contributed by atoms with E-state index < -0.39 is 0 Å². The maximum Gasteiger partial charge on any atom is 0.237 e. The molecule has 2 heterocycles. The van der Waals surface area contributed by atoms with Crippen LogP contribution in [0.3, 0.4) is 0 Å². The summed E-state index contributed by atoms with van der Waals surface area (Å²) >= 11 is 1.33. The van der Waals surface area contributed by atoms with E-state index >= 15 is 0 Å². The normalized spacial score (nSPS) is 15.6. The predicted molar refractivity (Wildman–Crippen MR) is 124 cm³/mol. The number of tetrazole rings is 1. The number of piperazine rings is 1. The van der Waals surface area contributed by atoms with Crippen molar-refractivity contribution in [3.63, 3.8) is 0 Å². The van der Waals surface area contributed by atoms with Crippen molar-refractivity contribution in [3.05, 3.63) is 54.1 Å². The van der Waals surface area contributed by atoms with Crippen LogP contribution >= 0.6 is 11.8 Å². The van der Waals surface area contributed by atoms with Crippen molar-refractivity contribution in [1.29, 1.82) is 0 Å². The molecule has 1 amide bonds.